The Bertz CT molecular complexity index is 701. The molecule has 8 heteroatoms. The molecule has 30 heavy (non-hydrogen) atoms. The zero-order valence-electron chi connectivity index (χ0n) is 18.5. The van der Waals surface area contributed by atoms with Gasteiger partial charge in [-0.05, 0) is 44.4 Å². The monoisotopic (exact) mass is 529 g/mol. The van der Waals surface area contributed by atoms with Crippen LogP contribution in [0.25, 0.3) is 0 Å². The maximum Gasteiger partial charge on any atom is 0.236 e. The number of carbonyl (C=O) groups excluding carboxylic acids is 1. The fourth-order valence-corrected chi connectivity index (χ4v) is 3.91. The fourth-order valence-electron chi connectivity index (χ4n) is 3.91. The second kappa shape index (κ2) is 12.3. The molecular weight excluding hydrogens is 493 g/mol. The van der Waals surface area contributed by atoms with Crippen molar-refractivity contribution in [2.24, 2.45) is 4.99 Å². The van der Waals surface area contributed by atoms with E-state index in [0.29, 0.717) is 13.1 Å². The second-order valence-electron chi connectivity index (χ2n) is 8.02. The molecule has 1 atom stereocenters. The van der Waals surface area contributed by atoms with Crippen molar-refractivity contribution in [2.45, 2.75) is 32.8 Å². The van der Waals surface area contributed by atoms with E-state index in [1.165, 1.54) is 5.56 Å². The Morgan fingerprint density at radius 3 is 2.47 bits per heavy atom. The molecule has 0 bridgehead atoms. The molecule has 1 amide bonds. The first-order valence-corrected chi connectivity index (χ1v) is 10.7. The van der Waals surface area contributed by atoms with Crippen LogP contribution in [0.5, 0.6) is 5.75 Å². The van der Waals surface area contributed by atoms with Crippen molar-refractivity contribution in [1.82, 2.24) is 20.0 Å². The molecule has 2 fully saturated rings. The molecule has 7 nitrogen and oxygen atoms in total. The summed E-state index contributed by atoms with van der Waals surface area (Å²) >= 11 is 0. The number of likely N-dealkylation sites (tertiary alicyclic amines) is 1. The number of nitrogens with zero attached hydrogens (tertiary/aromatic N) is 4. The van der Waals surface area contributed by atoms with Crippen molar-refractivity contribution in [3.63, 3.8) is 0 Å². The standard InChI is InChI=1S/C22H35N5O2.HI/c1-18-7-6-8-20(15-18)29-19(2)16-24-22(23-3)27-13-11-25(12-14-27)17-21(28)26-9-4-5-10-26;/h6-8,15,19H,4-5,9-14,16-17H2,1-3H3,(H,23,24);1H. The van der Waals surface area contributed by atoms with Crippen LogP contribution in [0.15, 0.2) is 29.3 Å². The van der Waals surface area contributed by atoms with Crippen molar-refractivity contribution in [1.29, 1.82) is 0 Å². The summed E-state index contributed by atoms with van der Waals surface area (Å²) < 4.78 is 6.00. The van der Waals surface area contributed by atoms with Crippen LogP contribution in [-0.2, 0) is 4.79 Å². The number of rotatable bonds is 6. The second-order valence-corrected chi connectivity index (χ2v) is 8.02. The number of guanidine groups is 1. The first kappa shape index (κ1) is 24.7. The summed E-state index contributed by atoms with van der Waals surface area (Å²) in [6.45, 7) is 10.7. The predicted octanol–water partition coefficient (Wildman–Crippen LogP) is 2.20. The van der Waals surface area contributed by atoms with E-state index in [-0.39, 0.29) is 36.0 Å². The first-order chi connectivity index (χ1) is 14.0. The summed E-state index contributed by atoms with van der Waals surface area (Å²) in [6.07, 6.45) is 2.33. The topological polar surface area (TPSA) is 60.4 Å². The number of nitrogens with one attached hydrogen (secondary N) is 1. The molecule has 168 valence electrons. The van der Waals surface area contributed by atoms with Gasteiger partial charge in [0.15, 0.2) is 5.96 Å². The average molecular weight is 529 g/mol. The van der Waals surface area contributed by atoms with Gasteiger partial charge in [0.2, 0.25) is 5.91 Å². The lowest BCUT2D eigenvalue weighted by Crippen LogP contribution is -2.54. The molecule has 1 unspecified atom stereocenters. The van der Waals surface area contributed by atoms with E-state index in [2.05, 4.69) is 40.0 Å². The Labute approximate surface area is 197 Å². The van der Waals surface area contributed by atoms with E-state index in [1.807, 2.05) is 30.1 Å². The number of piperazine rings is 1. The van der Waals surface area contributed by atoms with E-state index in [9.17, 15) is 4.79 Å². The van der Waals surface area contributed by atoms with Crippen LogP contribution < -0.4 is 10.1 Å². The van der Waals surface area contributed by atoms with Gasteiger partial charge in [-0.15, -0.1) is 24.0 Å². The number of ether oxygens (including phenoxy) is 1. The number of aliphatic imine (C=N–C) groups is 1. The summed E-state index contributed by atoms with van der Waals surface area (Å²) in [5.41, 5.74) is 1.19. The zero-order valence-corrected chi connectivity index (χ0v) is 20.8. The van der Waals surface area contributed by atoms with E-state index in [0.717, 1.165) is 63.8 Å². The molecule has 3 rings (SSSR count). The van der Waals surface area contributed by atoms with Gasteiger partial charge in [0.1, 0.15) is 11.9 Å². The zero-order chi connectivity index (χ0) is 20.6. The van der Waals surface area contributed by atoms with Crippen LogP contribution in [0.4, 0.5) is 0 Å². The number of hydrogen-bond donors (Lipinski definition) is 1. The van der Waals surface area contributed by atoms with Crippen LogP contribution in [0.2, 0.25) is 0 Å². The van der Waals surface area contributed by atoms with Crippen molar-refractivity contribution in [3.8, 4) is 5.75 Å². The normalized spacial score (nSPS) is 18.7. The molecule has 1 aromatic carbocycles. The van der Waals surface area contributed by atoms with Gasteiger partial charge in [-0.3, -0.25) is 14.7 Å². The molecule has 0 spiro atoms. The summed E-state index contributed by atoms with van der Waals surface area (Å²) in [6, 6.07) is 8.11. The molecule has 0 aromatic heterocycles. The van der Waals surface area contributed by atoms with Crippen LogP contribution in [0.3, 0.4) is 0 Å². The molecule has 2 aliphatic heterocycles. The third kappa shape index (κ3) is 7.30. The number of benzene rings is 1. The number of halogens is 1. The SMILES string of the molecule is CN=C(NCC(C)Oc1cccc(C)c1)N1CCN(CC(=O)N2CCCC2)CC1.I. The molecule has 2 saturated heterocycles. The Morgan fingerprint density at radius 2 is 1.83 bits per heavy atom. The van der Waals surface area contributed by atoms with Gasteiger partial charge in [-0.25, -0.2) is 0 Å². The van der Waals surface area contributed by atoms with E-state index < -0.39 is 0 Å². The molecular formula is C22H36IN5O2. The van der Waals surface area contributed by atoms with Gasteiger partial charge < -0.3 is 19.9 Å². The fraction of sp³-hybridized carbons (Fsp3) is 0.636. The van der Waals surface area contributed by atoms with Crippen molar-refractivity contribution >= 4 is 35.8 Å². The van der Waals surface area contributed by atoms with E-state index in [4.69, 9.17) is 4.74 Å². The highest BCUT2D eigenvalue weighted by atomic mass is 127. The summed E-state index contributed by atoms with van der Waals surface area (Å²) in [7, 11) is 1.82. The maximum atomic E-state index is 12.4. The molecule has 1 aromatic rings. The average Bonchev–Trinajstić information content (AvgIpc) is 3.25. The maximum absolute atomic E-state index is 12.4. The summed E-state index contributed by atoms with van der Waals surface area (Å²) in [5.74, 6) is 2.07. The molecule has 1 N–H and O–H groups in total. The number of amides is 1. The Kier molecular flexibility index (Phi) is 10.2. The lowest BCUT2D eigenvalue weighted by Gasteiger charge is -2.36. The van der Waals surface area contributed by atoms with Crippen molar-refractivity contribution < 1.29 is 9.53 Å². The van der Waals surface area contributed by atoms with Gasteiger partial charge in [-0.2, -0.15) is 0 Å². The highest BCUT2D eigenvalue weighted by Crippen LogP contribution is 2.14. The first-order valence-electron chi connectivity index (χ1n) is 10.7. The van der Waals surface area contributed by atoms with Gasteiger partial charge >= 0.3 is 0 Å². The third-order valence-corrected chi connectivity index (χ3v) is 5.58. The molecule has 0 radical (unpaired) electrons. The minimum absolute atomic E-state index is 0. The molecule has 2 aliphatic rings. The van der Waals surface area contributed by atoms with Crippen LogP contribution in [-0.4, -0.2) is 92.1 Å². The lowest BCUT2D eigenvalue weighted by atomic mass is 10.2. The minimum Gasteiger partial charge on any atom is -0.489 e. The molecule has 0 saturated carbocycles. The van der Waals surface area contributed by atoms with Gasteiger partial charge in [0.25, 0.3) is 0 Å². The molecule has 2 heterocycles. The van der Waals surface area contributed by atoms with Crippen LogP contribution in [0, 0.1) is 6.92 Å². The number of carbonyl (C=O) groups is 1. The highest BCUT2D eigenvalue weighted by molar-refractivity contribution is 14.0. The van der Waals surface area contributed by atoms with Crippen molar-refractivity contribution in [3.05, 3.63) is 29.8 Å². The van der Waals surface area contributed by atoms with E-state index >= 15 is 0 Å². The quantitative estimate of drug-likeness (QED) is 0.348. The molecule has 0 aliphatic carbocycles. The summed E-state index contributed by atoms with van der Waals surface area (Å²) in [4.78, 5) is 23.3. The predicted molar refractivity (Wildman–Crippen MR) is 132 cm³/mol. The lowest BCUT2D eigenvalue weighted by molar-refractivity contribution is -0.131. The largest absolute Gasteiger partial charge is 0.489 e. The number of hydrogen-bond acceptors (Lipinski definition) is 4. The third-order valence-electron chi connectivity index (χ3n) is 5.58. The van der Waals surface area contributed by atoms with Crippen molar-refractivity contribution in [2.75, 3.05) is 59.4 Å². The summed E-state index contributed by atoms with van der Waals surface area (Å²) in [5, 5.41) is 3.43. The van der Waals surface area contributed by atoms with E-state index in [1.54, 1.807) is 0 Å². The smallest absolute Gasteiger partial charge is 0.236 e. The van der Waals surface area contributed by atoms with Gasteiger partial charge in [0, 0.05) is 46.3 Å². The Balaban J connectivity index is 0.00000320. The van der Waals surface area contributed by atoms with Crippen LogP contribution in [0.1, 0.15) is 25.3 Å². The van der Waals surface area contributed by atoms with Gasteiger partial charge in [0.05, 0.1) is 13.1 Å². The minimum atomic E-state index is 0. The van der Waals surface area contributed by atoms with Gasteiger partial charge in [-0.1, -0.05) is 12.1 Å². The van der Waals surface area contributed by atoms with Crippen LogP contribution >= 0.6 is 24.0 Å². The highest BCUT2D eigenvalue weighted by Gasteiger charge is 2.24. The number of aryl methyl sites for hydroxylation is 1. The Morgan fingerprint density at radius 1 is 1.13 bits per heavy atom. The Hall–Kier alpha value is -1.55.